The molecule has 0 bridgehead atoms. The van der Waals surface area contributed by atoms with Crippen LogP contribution in [-0.2, 0) is 0 Å². The molecule has 3 aromatic rings. The lowest BCUT2D eigenvalue weighted by Crippen LogP contribution is -2.31. The van der Waals surface area contributed by atoms with Crippen molar-refractivity contribution in [2.75, 3.05) is 18.4 Å². The predicted octanol–water partition coefficient (Wildman–Crippen LogP) is 5.26. The summed E-state index contributed by atoms with van der Waals surface area (Å²) >= 11 is 6.16. The fraction of sp³-hybridized carbons (Fsp3) is 0.261. The molecule has 1 N–H and O–H groups in total. The molecule has 0 atom stereocenters. The SMILES string of the molecule is O=C(Nc1ccc(C(=O)N2CCCCCC2)cc1)c1cc(-c2ccccc2Cl)on1. The first kappa shape index (κ1) is 20.2. The highest BCUT2D eigenvalue weighted by atomic mass is 35.5. The third-order valence-corrected chi connectivity index (χ3v) is 5.49. The van der Waals surface area contributed by atoms with E-state index in [0.29, 0.717) is 27.6 Å². The van der Waals surface area contributed by atoms with E-state index in [9.17, 15) is 9.59 Å². The Morgan fingerprint density at radius 1 is 0.967 bits per heavy atom. The van der Waals surface area contributed by atoms with Crippen molar-refractivity contribution in [3.63, 3.8) is 0 Å². The average Bonchev–Trinajstić information content (AvgIpc) is 3.09. The van der Waals surface area contributed by atoms with Gasteiger partial charge in [-0.2, -0.15) is 0 Å². The zero-order valence-corrected chi connectivity index (χ0v) is 17.2. The van der Waals surface area contributed by atoms with Crippen molar-refractivity contribution in [3.05, 3.63) is 70.9 Å². The number of rotatable bonds is 4. The van der Waals surface area contributed by atoms with Crippen molar-refractivity contribution in [2.45, 2.75) is 25.7 Å². The molecule has 1 saturated heterocycles. The molecule has 30 heavy (non-hydrogen) atoms. The zero-order chi connectivity index (χ0) is 20.9. The molecule has 154 valence electrons. The van der Waals surface area contributed by atoms with Crippen LogP contribution in [0.3, 0.4) is 0 Å². The van der Waals surface area contributed by atoms with Gasteiger partial charge in [-0.1, -0.05) is 41.7 Å². The quantitative estimate of drug-likeness (QED) is 0.620. The van der Waals surface area contributed by atoms with Crippen LogP contribution in [0.15, 0.2) is 59.1 Å². The molecule has 0 radical (unpaired) electrons. The first-order chi connectivity index (χ1) is 14.6. The van der Waals surface area contributed by atoms with E-state index in [1.165, 1.54) is 12.8 Å². The van der Waals surface area contributed by atoms with E-state index >= 15 is 0 Å². The molecular weight excluding hydrogens is 402 g/mol. The standard InChI is InChI=1S/C23H22ClN3O3/c24-19-8-4-3-7-18(19)21-15-20(26-30-21)22(28)25-17-11-9-16(10-12-17)23(29)27-13-5-1-2-6-14-27/h3-4,7-12,15H,1-2,5-6,13-14H2,(H,25,28). The van der Waals surface area contributed by atoms with Crippen LogP contribution in [0, 0.1) is 0 Å². The van der Waals surface area contributed by atoms with Gasteiger partial charge in [0.1, 0.15) is 0 Å². The minimum absolute atomic E-state index is 0.0376. The summed E-state index contributed by atoms with van der Waals surface area (Å²) in [5.74, 6) is 0.0588. The van der Waals surface area contributed by atoms with Gasteiger partial charge in [0, 0.05) is 36.0 Å². The molecule has 0 unspecified atom stereocenters. The van der Waals surface area contributed by atoms with Crippen LogP contribution in [-0.4, -0.2) is 35.0 Å². The fourth-order valence-corrected chi connectivity index (χ4v) is 3.75. The van der Waals surface area contributed by atoms with E-state index in [4.69, 9.17) is 16.1 Å². The number of hydrogen-bond donors (Lipinski definition) is 1. The number of carbonyl (C=O) groups is 2. The fourth-order valence-electron chi connectivity index (χ4n) is 3.52. The molecule has 1 aliphatic heterocycles. The molecule has 0 spiro atoms. The lowest BCUT2D eigenvalue weighted by atomic mass is 10.1. The Bertz CT molecular complexity index is 1040. The molecule has 2 aromatic carbocycles. The Kier molecular flexibility index (Phi) is 6.14. The number of likely N-dealkylation sites (tertiary alicyclic amines) is 1. The van der Waals surface area contributed by atoms with Gasteiger partial charge in [0.15, 0.2) is 11.5 Å². The molecule has 6 nitrogen and oxygen atoms in total. The van der Waals surface area contributed by atoms with Gasteiger partial charge in [0.2, 0.25) is 0 Å². The van der Waals surface area contributed by atoms with Gasteiger partial charge in [-0.05, 0) is 49.2 Å². The van der Waals surface area contributed by atoms with Crippen molar-refractivity contribution < 1.29 is 14.1 Å². The van der Waals surface area contributed by atoms with Crippen LogP contribution in [0.25, 0.3) is 11.3 Å². The Balaban J connectivity index is 1.42. The van der Waals surface area contributed by atoms with Crippen LogP contribution in [0.1, 0.15) is 46.5 Å². The minimum atomic E-state index is -0.399. The number of benzene rings is 2. The molecule has 2 heterocycles. The van der Waals surface area contributed by atoms with E-state index < -0.39 is 5.91 Å². The van der Waals surface area contributed by atoms with E-state index in [2.05, 4.69) is 10.5 Å². The van der Waals surface area contributed by atoms with Crippen molar-refractivity contribution in [3.8, 4) is 11.3 Å². The maximum absolute atomic E-state index is 12.7. The smallest absolute Gasteiger partial charge is 0.277 e. The van der Waals surface area contributed by atoms with E-state index in [-0.39, 0.29) is 11.6 Å². The highest BCUT2D eigenvalue weighted by molar-refractivity contribution is 6.33. The minimum Gasteiger partial charge on any atom is -0.355 e. The lowest BCUT2D eigenvalue weighted by Gasteiger charge is -2.20. The molecule has 1 aliphatic rings. The van der Waals surface area contributed by atoms with Gasteiger partial charge in [-0.25, -0.2) is 0 Å². The van der Waals surface area contributed by atoms with Crippen LogP contribution in [0.2, 0.25) is 5.02 Å². The summed E-state index contributed by atoms with van der Waals surface area (Å²) in [6.07, 6.45) is 4.45. The second-order valence-corrected chi connectivity index (χ2v) is 7.70. The summed E-state index contributed by atoms with van der Waals surface area (Å²) in [6, 6.07) is 15.7. The number of aromatic nitrogens is 1. The van der Waals surface area contributed by atoms with Crippen molar-refractivity contribution in [1.82, 2.24) is 10.1 Å². The molecule has 2 amide bonds. The van der Waals surface area contributed by atoms with Gasteiger partial charge in [0.25, 0.3) is 11.8 Å². The highest BCUT2D eigenvalue weighted by Crippen LogP contribution is 2.28. The number of nitrogens with one attached hydrogen (secondary N) is 1. The summed E-state index contributed by atoms with van der Waals surface area (Å²) in [7, 11) is 0. The number of amides is 2. The van der Waals surface area contributed by atoms with Gasteiger partial charge >= 0.3 is 0 Å². The van der Waals surface area contributed by atoms with Crippen molar-refractivity contribution in [2.24, 2.45) is 0 Å². The third kappa shape index (κ3) is 4.54. The Morgan fingerprint density at radius 3 is 2.37 bits per heavy atom. The third-order valence-electron chi connectivity index (χ3n) is 5.17. The van der Waals surface area contributed by atoms with Gasteiger partial charge in [0.05, 0.1) is 5.02 Å². The number of hydrogen-bond acceptors (Lipinski definition) is 4. The van der Waals surface area contributed by atoms with Crippen molar-refractivity contribution >= 4 is 29.1 Å². The Hall–Kier alpha value is -3.12. The molecule has 1 fully saturated rings. The van der Waals surface area contributed by atoms with Gasteiger partial charge in [-0.3, -0.25) is 9.59 Å². The van der Waals surface area contributed by atoms with Crippen LogP contribution >= 0.6 is 11.6 Å². The summed E-state index contributed by atoms with van der Waals surface area (Å²) in [6.45, 7) is 1.61. The van der Waals surface area contributed by atoms with Crippen LogP contribution in [0.5, 0.6) is 0 Å². The molecule has 1 aromatic heterocycles. The number of nitrogens with zero attached hydrogens (tertiary/aromatic N) is 2. The maximum Gasteiger partial charge on any atom is 0.277 e. The second kappa shape index (κ2) is 9.13. The maximum atomic E-state index is 12.7. The topological polar surface area (TPSA) is 75.4 Å². The lowest BCUT2D eigenvalue weighted by molar-refractivity contribution is 0.0761. The number of halogens is 1. The molecule has 0 saturated carbocycles. The summed E-state index contributed by atoms with van der Waals surface area (Å²) in [4.78, 5) is 27.1. The number of carbonyl (C=O) groups excluding carboxylic acids is 2. The Morgan fingerprint density at radius 2 is 1.67 bits per heavy atom. The van der Waals surface area contributed by atoms with E-state index in [1.807, 2.05) is 17.0 Å². The highest BCUT2D eigenvalue weighted by Gasteiger charge is 2.18. The van der Waals surface area contributed by atoms with Crippen LogP contribution in [0.4, 0.5) is 5.69 Å². The van der Waals surface area contributed by atoms with Crippen LogP contribution < -0.4 is 5.32 Å². The molecular formula is C23H22ClN3O3. The molecule has 4 rings (SSSR count). The summed E-state index contributed by atoms with van der Waals surface area (Å²) < 4.78 is 5.27. The monoisotopic (exact) mass is 423 g/mol. The largest absolute Gasteiger partial charge is 0.355 e. The first-order valence-electron chi connectivity index (χ1n) is 10.0. The molecule has 7 heteroatoms. The zero-order valence-electron chi connectivity index (χ0n) is 16.4. The van der Waals surface area contributed by atoms with E-state index in [1.54, 1.807) is 42.5 Å². The average molecular weight is 424 g/mol. The first-order valence-corrected chi connectivity index (χ1v) is 10.4. The van der Waals surface area contributed by atoms with Gasteiger partial charge < -0.3 is 14.7 Å². The molecule has 0 aliphatic carbocycles. The predicted molar refractivity (Wildman–Crippen MR) is 116 cm³/mol. The number of anilines is 1. The van der Waals surface area contributed by atoms with Gasteiger partial charge in [-0.15, -0.1) is 0 Å². The summed E-state index contributed by atoms with van der Waals surface area (Å²) in [5.41, 5.74) is 2.02. The second-order valence-electron chi connectivity index (χ2n) is 7.29. The summed E-state index contributed by atoms with van der Waals surface area (Å²) in [5, 5.41) is 7.13. The normalized spacial score (nSPS) is 14.2. The Labute approximate surface area is 179 Å². The van der Waals surface area contributed by atoms with Crippen molar-refractivity contribution in [1.29, 1.82) is 0 Å². The van der Waals surface area contributed by atoms with E-state index in [0.717, 1.165) is 25.9 Å².